The predicted octanol–water partition coefficient (Wildman–Crippen LogP) is 3.34. The number of hydrogen-bond donors (Lipinski definition) is 1. The molecule has 1 aliphatic rings. The van der Waals surface area contributed by atoms with E-state index in [1.54, 1.807) is 0 Å². The van der Waals surface area contributed by atoms with E-state index < -0.39 is 8.32 Å². The summed E-state index contributed by atoms with van der Waals surface area (Å²) in [7, 11) is -1.74. The van der Waals surface area contributed by atoms with Gasteiger partial charge in [-0.2, -0.15) is 0 Å². The molecule has 3 heteroatoms. The minimum absolute atomic E-state index is 0.160. The molecule has 16 heavy (non-hydrogen) atoms. The van der Waals surface area contributed by atoms with Gasteiger partial charge in [-0.05, 0) is 31.5 Å². The molecule has 2 atom stereocenters. The number of aliphatic hydroxyl groups excluding tert-OH is 1. The normalized spacial score (nSPS) is 31.1. The van der Waals surface area contributed by atoms with Crippen LogP contribution in [-0.4, -0.2) is 25.6 Å². The van der Waals surface area contributed by atoms with Gasteiger partial charge in [-0.15, -0.1) is 0 Å². The summed E-state index contributed by atoms with van der Waals surface area (Å²) in [6.45, 7) is 13.5. The molecule has 0 aromatic rings. The molecule has 1 saturated carbocycles. The van der Waals surface area contributed by atoms with Gasteiger partial charge in [0.25, 0.3) is 0 Å². The van der Waals surface area contributed by atoms with Crippen molar-refractivity contribution in [2.75, 3.05) is 6.61 Å². The standard InChI is InChI=1S/C13H26O2Si/c1-7-8-13(9-11(13)10-14)15-16(5,6)12(2,3)4/h7-8,11,14H,9-10H2,1-6H3/b8-7+/t11-,13+/m1/s1. The molecule has 0 saturated heterocycles. The zero-order valence-electron chi connectivity index (χ0n) is 11.5. The van der Waals surface area contributed by atoms with Crippen molar-refractivity contribution in [1.29, 1.82) is 0 Å². The molecule has 0 bridgehead atoms. The van der Waals surface area contributed by atoms with E-state index in [0.717, 1.165) is 6.42 Å². The van der Waals surface area contributed by atoms with Gasteiger partial charge in [0.2, 0.25) is 0 Å². The Labute approximate surface area is 101 Å². The maximum Gasteiger partial charge on any atom is 0.193 e. The first-order chi connectivity index (χ1) is 7.18. The molecule has 0 aromatic heterocycles. The second-order valence-corrected chi connectivity index (χ2v) is 11.1. The minimum Gasteiger partial charge on any atom is -0.408 e. The van der Waals surface area contributed by atoms with E-state index >= 15 is 0 Å². The van der Waals surface area contributed by atoms with E-state index in [1.165, 1.54) is 0 Å². The van der Waals surface area contributed by atoms with Crippen molar-refractivity contribution in [3.8, 4) is 0 Å². The van der Waals surface area contributed by atoms with E-state index in [0.29, 0.717) is 5.92 Å². The van der Waals surface area contributed by atoms with Gasteiger partial charge in [-0.1, -0.05) is 32.9 Å². The molecule has 1 rings (SSSR count). The van der Waals surface area contributed by atoms with Gasteiger partial charge < -0.3 is 9.53 Å². The largest absolute Gasteiger partial charge is 0.408 e. The van der Waals surface area contributed by atoms with Crippen LogP contribution in [-0.2, 0) is 4.43 Å². The van der Waals surface area contributed by atoms with Crippen LogP contribution in [0.15, 0.2) is 12.2 Å². The highest BCUT2D eigenvalue weighted by molar-refractivity contribution is 6.74. The van der Waals surface area contributed by atoms with Crippen LogP contribution in [0.4, 0.5) is 0 Å². The van der Waals surface area contributed by atoms with E-state index in [1.807, 2.05) is 13.0 Å². The Balaban J connectivity index is 2.79. The first-order valence-corrected chi connectivity index (χ1v) is 9.04. The summed E-state index contributed by atoms with van der Waals surface area (Å²) in [5.74, 6) is 0.304. The average molecular weight is 242 g/mol. The molecule has 1 aliphatic carbocycles. The Morgan fingerprint density at radius 2 is 2.00 bits per heavy atom. The zero-order valence-corrected chi connectivity index (χ0v) is 12.5. The molecule has 0 heterocycles. The second-order valence-electron chi connectivity index (χ2n) is 6.40. The SMILES string of the molecule is C/C=C/[C@]1(O[Si](C)(C)C(C)(C)C)C[C@@H]1CO. The van der Waals surface area contributed by atoms with Crippen LogP contribution < -0.4 is 0 Å². The van der Waals surface area contributed by atoms with E-state index in [-0.39, 0.29) is 17.2 Å². The van der Waals surface area contributed by atoms with Crippen molar-refractivity contribution in [3.63, 3.8) is 0 Å². The molecule has 0 amide bonds. The number of rotatable bonds is 4. The van der Waals surface area contributed by atoms with Crippen molar-refractivity contribution in [2.24, 2.45) is 5.92 Å². The molecule has 0 aromatic carbocycles. The summed E-state index contributed by atoms with van der Waals surface area (Å²) in [6, 6.07) is 0. The fourth-order valence-electron chi connectivity index (χ4n) is 1.82. The number of aliphatic hydroxyl groups is 1. The third kappa shape index (κ3) is 2.58. The van der Waals surface area contributed by atoms with Crippen molar-refractivity contribution >= 4 is 8.32 Å². The van der Waals surface area contributed by atoms with Gasteiger partial charge in [0.05, 0.1) is 5.60 Å². The van der Waals surface area contributed by atoms with Crippen LogP contribution in [0.5, 0.6) is 0 Å². The highest BCUT2D eigenvalue weighted by Gasteiger charge is 2.57. The average Bonchev–Trinajstić information content (AvgIpc) is 2.76. The maximum absolute atomic E-state index is 9.27. The molecule has 94 valence electrons. The van der Waals surface area contributed by atoms with E-state index in [4.69, 9.17) is 4.43 Å². The van der Waals surface area contributed by atoms with Crippen LogP contribution >= 0.6 is 0 Å². The fraction of sp³-hybridized carbons (Fsp3) is 0.846. The van der Waals surface area contributed by atoms with Gasteiger partial charge in [0.15, 0.2) is 8.32 Å². The summed E-state index contributed by atoms with van der Waals surface area (Å²) in [5.41, 5.74) is -0.160. The lowest BCUT2D eigenvalue weighted by atomic mass is 10.2. The highest BCUT2D eigenvalue weighted by atomic mass is 28.4. The molecule has 0 spiro atoms. The Kier molecular flexibility index (Phi) is 3.73. The Morgan fingerprint density at radius 3 is 2.31 bits per heavy atom. The summed E-state index contributed by atoms with van der Waals surface area (Å²) in [5, 5.41) is 9.50. The minimum atomic E-state index is -1.74. The Morgan fingerprint density at radius 1 is 1.44 bits per heavy atom. The van der Waals surface area contributed by atoms with Crippen molar-refractivity contribution in [2.45, 2.75) is 57.8 Å². The molecule has 1 N–H and O–H groups in total. The smallest absolute Gasteiger partial charge is 0.193 e. The van der Waals surface area contributed by atoms with Crippen LogP contribution in [0.1, 0.15) is 34.1 Å². The molecular weight excluding hydrogens is 216 g/mol. The predicted molar refractivity (Wildman–Crippen MR) is 71.0 cm³/mol. The lowest BCUT2D eigenvalue weighted by molar-refractivity contribution is 0.160. The van der Waals surface area contributed by atoms with Crippen LogP contribution in [0.2, 0.25) is 18.1 Å². The topological polar surface area (TPSA) is 29.5 Å². The highest BCUT2D eigenvalue weighted by Crippen LogP contribution is 2.52. The summed E-state index contributed by atoms with van der Waals surface area (Å²) >= 11 is 0. The van der Waals surface area contributed by atoms with E-state index in [9.17, 15) is 5.11 Å². The second kappa shape index (κ2) is 4.28. The first kappa shape index (κ1) is 13.9. The van der Waals surface area contributed by atoms with Gasteiger partial charge in [-0.25, -0.2) is 0 Å². The van der Waals surface area contributed by atoms with Crippen molar-refractivity contribution in [1.82, 2.24) is 0 Å². The third-order valence-corrected chi connectivity index (χ3v) is 8.52. The lowest BCUT2D eigenvalue weighted by Gasteiger charge is -2.39. The van der Waals surface area contributed by atoms with Crippen LogP contribution in [0, 0.1) is 5.92 Å². The quantitative estimate of drug-likeness (QED) is 0.605. The molecule has 0 unspecified atom stereocenters. The summed E-state index contributed by atoms with van der Waals surface area (Å²) in [6.07, 6.45) is 5.15. The van der Waals surface area contributed by atoms with Crippen molar-refractivity contribution < 1.29 is 9.53 Å². The Hall–Kier alpha value is -0.123. The molecule has 2 nitrogen and oxygen atoms in total. The summed E-state index contributed by atoms with van der Waals surface area (Å²) in [4.78, 5) is 0. The molecular formula is C13H26O2Si. The van der Waals surface area contributed by atoms with Gasteiger partial charge in [0, 0.05) is 12.5 Å². The third-order valence-electron chi connectivity index (χ3n) is 4.02. The monoisotopic (exact) mass is 242 g/mol. The van der Waals surface area contributed by atoms with E-state index in [2.05, 4.69) is 39.9 Å². The first-order valence-electron chi connectivity index (χ1n) is 6.13. The van der Waals surface area contributed by atoms with Gasteiger partial charge in [0.1, 0.15) is 0 Å². The molecule has 0 radical (unpaired) electrons. The van der Waals surface area contributed by atoms with Gasteiger partial charge >= 0.3 is 0 Å². The van der Waals surface area contributed by atoms with Crippen LogP contribution in [0.3, 0.4) is 0 Å². The zero-order chi connectivity index (χ0) is 12.6. The number of hydrogen-bond acceptors (Lipinski definition) is 2. The van der Waals surface area contributed by atoms with Crippen LogP contribution in [0.25, 0.3) is 0 Å². The lowest BCUT2D eigenvalue weighted by Crippen LogP contribution is -2.45. The summed E-state index contributed by atoms with van der Waals surface area (Å²) < 4.78 is 6.44. The Bertz CT molecular complexity index is 278. The fourth-order valence-corrected chi connectivity index (χ4v) is 3.39. The molecule has 0 aliphatic heterocycles. The van der Waals surface area contributed by atoms with Crippen molar-refractivity contribution in [3.05, 3.63) is 12.2 Å². The molecule has 1 fully saturated rings. The number of allylic oxidation sites excluding steroid dienone is 1. The van der Waals surface area contributed by atoms with Gasteiger partial charge in [-0.3, -0.25) is 0 Å². The maximum atomic E-state index is 9.27.